The summed E-state index contributed by atoms with van der Waals surface area (Å²) in [5.74, 6) is -1.46. The molecule has 0 saturated heterocycles. The summed E-state index contributed by atoms with van der Waals surface area (Å²) in [6, 6.07) is -0.933. The molecule has 0 unspecified atom stereocenters. The Hall–Kier alpha value is -1.76. The summed E-state index contributed by atoms with van der Waals surface area (Å²) in [5.41, 5.74) is 0. The first-order valence-corrected chi connectivity index (χ1v) is 7.37. The lowest BCUT2D eigenvalue weighted by molar-refractivity contribution is -0.153. The fourth-order valence-corrected chi connectivity index (χ4v) is 1.68. The van der Waals surface area contributed by atoms with E-state index < -0.39 is 29.8 Å². The van der Waals surface area contributed by atoms with E-state index in [1.807, 2.05) is 0 Å². The Bertz CT molecular complexity index is 407. The lowest BCUT2D eigenvalue weighted by Crippen LogP contribution is -2.47. The van der Waals surface area contributed by atoms with Crippen molar-refractivity contribution in [1.29, 1.82) is 5.41 Å². The predicted octanol–water partition coefficient (Wildman–Crippen LogP) is 1.24. The van der Waals surface area contributed by atoms with Crippen molar-refractivity contribution in [3.63, 3.8) is 0 Å². The molecule has 0 aliphatic carbocycles. The Morgan fingerprint density at radius 2 is 1.68 bits per heavy atom. The lowest BCUT2D eigenvalue weighted by atomic mass is 10.1. The highest BCUT2D eigenvalue weighted by Crippen LogP contribution is 2.05. The third-order valence-electron chi connectivity index (χ3n) is 2.64. The number of nitrogens with one attached hydrogen (secondary N) is 2. The van der Waals surface area contributed by atoms with E-state index in [4.69, 9.17) is 14.9 Å². The maximum absolute atomic E-state index is 12.0. The molecule has 0 radical (unpaired) electrons. The first-order valence-electron chi connectivity index (χ1n) is 7.37. The Morgan fingerprint density at radius 1 is 1.09 bits per heavy atom. The molecule has 7 heteroatoms. The molecule has 2 atom stereocenters. The van der Waals surface area contributed by atoms with Crippen LogP contribution in [0.15, 0.2) is 0 Å². The van der Waals surface area contributed by atoms with Crippen LogP contribution in [-0.2, 0) is 23.9 Å². The van der Waals surface area contributed by atoms with Gasteiger partial charge in [0.25, 0.3) is 0 Å². The molecule has 0 aromatic heterocycles. The van der Waals surface area contributed by atoms with Crippen LogP contribution in [0.25, 0.3) is 0 Å². The molecule has 0 aromatic carbocycles. The number of ketones is 1. The number of rotatable bonds is 10. The number of amides is 1. The van der Waals surface area contributed by atoms with E-state index in [1.54, 1.807) is 34.6 Å². The van der Waals surface area contributed by atoms with Crippen LogP contribution < -0.4 is 5.32 Å². The molecule has 0 rings (SSSR count). The second-order valence-electron chi connectivity index (χ2n) is 5.52. The summed E-state index contributed by atoms with van der Waals surface area (Å²) in [4.78, 5) is 35.2. The van der Waals surface area contributed by atoms with E-state index in [-0.39, 0.29) is 25.0 Å². The monoisotopic (exact) mass is 314 g/mol. The van der Waals surface area contributed by atoms with Crippen LogP contribution in [0, 0.1) is 5.41 Å². The number of esters is 1. The van der Waals surface area contributed by atoms with Gasteiger partial charge in [0.05, 0.1) is 18.4 Å². The fourth-order valence-electron chi connectivity index (χ4n) is 1.68. The molecule has 7 nitrogen and oxygen atoms in total. The quantitative estimate of drug-likeness (QED) is 0.466. The fraction of sp³-hybridized carbons (Fsp3) is 0.733. The van der Waals surface area contributed by atoms with Gasteiger partial charge in [-0.05, 0) is 41.0 Å². The summed E-state index contributed by atoms with van der Waals surface area (Å²) in [5, 5.41) is 9.40. The number of ether oxygens (including phenoxy) is 2. The molecule has 0 heterocycles. The minimum Gasteiger partial charge on any atom is -0.461 e. The van der Waals surface area contributed by atoms with Gasteiger partial charge in [-0.15, -0.1) is 0 Å². The van der Waals surface area contributed by atoms with E-state index in [0.29, 0.717) is 6.21 Å². The maximum atomic E-state index is 12.0. The van der Waals surface area contributed by atoms with Gasteiger partial charge in [0.15, 0.2) is 5.78 Å². The topological polar surface area (TPSA) is 106 Å². The number of hydrogen-bond acceptors (Lipinski definition) is 6. The van der Waals surface area contributed by atoms with Crippen LogP contribution in [0.3, 0.4) is 0 Å². The number of hydrogen-bond donors (Lipinski definition) is 2. The average Bonchev–Trinajstić information content (AvgIpc) is 2.40. The molecular weight excluding hydrogens is 288 g/mol. The van der Waals surface area contributed by atoms with Gasteiger partial charge >= 0.3 is 5.97 Å². The molecule has 0 aromatic rings. The molecule has 126 valence electrons. The molecule has 1 amide bonds. The molecule has 0 saturated carbocycles. The Morgan fingerprint density at radius 3 is 2.14 bits per heavy atom. The van der Waals surface area contributed by atoms with Gasteiger partial charge in [0.2, 0.25) is 5.91 Å². The van der Waals surface area contributed by atoms with Gasteiger partial charge < -0.3 is 20.2 Å². The van der Waals surface area contributed by atoms with Crippen molar-refractivity contribution >= 4 is 23.9 Å². The van der Waals surface area contributed by atoms with Crippen molar-refractivity contribution in [3.05, 3.63) is 0 Å². The molecule has 0 bridgehead atoms. The van der Waals surface area contributed by atoms with Crippen LogP contribution in [0.1, 0.15) is 47.5 Å². The van der Waals surface area contributed by atoms with Gasteiger partial charge in [0, 0.05) is 6.42 Å². The standard InChI is InChI=1S/C15H26N2O5/c1-9(2)21-11(5)14(19)17-13(7-6-12(18)8-16)15(20)22-10(3)4/h8-11,13,16H,6-7H2,1-5H3,(H,17,19)/t11-,13-/m0/s1. The second-order valence-corrected chi connectivity index (χ2v) is 5.52. The third kappa shape index (κ3) is 8.51. The van der Waals surface area contributed by atoms with Crippen LogP contribution >= 0.6 is 0 Å². The lowest BCUT2D eigenvalue weighted by Gasteiger charge is -2.22. The summed E-state index contributed by atoms with van der Waals surface area (Å²) in [6.07, 6.45) is -0.401. The molecule has 2 N–H and O–H groups in total. The first kappa shape index (κ1) is 20.2. The summed E-state index contributed by atoms with van der Waals surface area (Å²) in [6.45, 7) is 8.59. The van der Waals surface area contributed by atoms with Crippen molar-refractivity contribution in [2.75, 3.05) is 0 Å². The largest absolute Gasteiger partial charge is 0.461 e. The highest BCUT2D eigenvalue weighted by Gasteiger charge is 2.26. The van der Waals surface area contributed by atoms with Crippen molar-refractivity contribution < 1.29 is 23.9 Å². The number of Topliss-reactive ketones (excluding diaryl/α,β-unsaturated/α-hetero) is 1. The Kier molecular flexibility index (Phi) is 9.24. The minimum atomic E-state index is -0.933. The Balaban J connectivity index is 4.76. The molecular formula is C15H26N2O5. The van der Waals surface area contributed by atoms with Gasteiger partial charge in [-0.2, -0.15) is 0 Å². The molecule has 22 heavy (non-hydrogen) atoms. The van der Waals surface area contributed by atoms with E-state index in [1.165, 1.54) is 0 Å². The van der Waals surface area contributed by atoms with Crippen LogP contribution in [0.5, 0.6) is 0 Å². The van der Waals surface area contributed by atoms with Crippen LogP contribution in [0.4, 0.5) is 0 Å². The maximum Gasteiger partial charge on any atom is 0.328 e. The van der Waals surface area contributed by atoms with Crippen LogP contribution in [0.2, 0.25) is 0 Å². The molecule has 0 aliphatic rings. The first-order chi connectivity index (χ1) is 10.2. The van der Waals surface area contributed by atoms with Crippen LogP contribution in [-0.4, -0.2) is 48.2 Å². The smallest absolute Gasteiger partial charge is 0.328 e. The zero-order valence-corrected chi connectivity index (χ0v) is 13.8. The SMILES string of the molecule is CC(C)OC(=O)[C@H](CCC(=O)C=N)NC(=O)[C@H](C)OC(C)C. The van der Waals surface area contributed by atoms with Crippen molar-refractivity contribution in [2.45, 2.75) is 71.8 Å². The summed E-state index contributed by atoms with van der Waals surface area (Å²) in [7, 11) is 0. The number of carbonyl (C=O) groups is 3. The highest BCUT2D eigenvalue weighted by molar-refractivity contribution is 6.26. The molecule has 0 aliphatic heterocycles. The van der Waals surface area contributed by atoms with Gasteiger partial charge in [-0.1, -0.05) is 0 Å². The summed E-state index contributed by atoms with van der Waals surface area (Å²) < 4.78 is 10.4. The van der Waals surface area contributed by atoms with Crippen molar-refractivity contribution in [3.8, 4) is 0 Å². The van der Waals surface area contributed by atoms with Crippen molar-refractivity contribution in [1.82, 2.24) is 5.32 Å². The minimum absolute atomic E-state index is 0.0128. The zero-order chi connectivity index (χ0) is 17.3. The average molecular weight is 314 g/mol. The summed E-state index contributed by atoms with van der Waals surface area (Å²) >= 11 is 0. The van der Waals surface area contributed by atoms with E-state index >= 15 is 0 Å². The third-order valence-corrected chi connectivity index (χ3v) is 2.64. The van der Waals surface area contributed by atoms with Gasteiger partial charge in [-0.3, -0.25) is 9.59 Å². The second kappa shape index (κ2) is 10.0. The van der Waals surface area contributed by atoms with E-state index in [2.05, 4.69) is 5.32 Å². The van der Waals surface area contributed by atoms with E-state index in [0.717, 1.165) is 0 Å². The van der Waals surface area contributed by atoms with Gasteiger partial charge in [-0.25, -0.2) is 4.79 Å². The highest BCUT2D eigenvalue weighted by atomic mass is 16.5. The predicted molar refractivity (Wildman–Crippen MR) is 81.9 cm³/mol. The zero-order valence-electron chi connectivity index (χ0n) is 13.8. The van der Waals surface area contributed by atoms with Crippen molar-refractivity contribution in [2.24, 2.45) is 0 Å². The normalized spacial score (nSPS) is 13.6. The van der Waals surface area contributed by atoms with E-state index in [9.17, 15) is 14.4 Å². The molecule has 0 fully saturated rings. The number of carbonyl (C=O) groups excluding carboxylic acids is 3. The Labute approximate surface area is 131 Å². The van der Waals surface area contributed by atoms with Gasteiger partial charge in [0.1, 0.15) is 12.1 Å². The molecule has 0 spiro atoms.